The van der Waals surface area contributed by atoms with Gasteiger partial charge < -0.3 is 0 Å². The highest BCUT2D eigenvalue weighted by Crippen LogP contribution is 2.36. The number of sulfone groups is 1. The number of nitriles is 1. The van der Waals surface area contributed by atoms with Gasteiger partial charge in [-0.3, -0.25) is 0 Å². The molecule has 0 unspecified atom stereocenters. The average Bonchev–Trinajstić information content (AvgIpc) is 2.83. The van der Waals surface area contributed by atoms with Crippen LogP contribution in [0.4, 0.5) is 0 Å². The summed E-state index contributed by atoms with van der Waals surface area (Å²) in [6.07, 6.45) is 0. The van der Waals surface area contributed by atoms with E-state index in [9.17, 15) is 13.7 Å². The lowest BCUT2D eigenvalue weighted by Gasteiger charge is -2.06. The fourth-order valence-corrected chi connectivity index (χ4v) is 4.72. The van der Waals surface area contributed by atoms with E-state index in [0.29, 0.717) is 10.6 Å². The normalized spacial score (nSPS) is 11.6. The Morgan fingerprint density at radius 2 is 1.85 bits per heavy atom. The fraction of sp³-hybridized carbons (Fsp3) is 0.214. The zero-order valence-electron chi connectivity index (χ0n) is 10.9. The minimum Gasteiger partial charge on any atom is -0.223 e. The summed E-state index contributed by atoms with van der Waals surface area (Å²) in [4.78, 5) is 0. The molecule has 0 radical (unpaired) electrons. The molecule has 0 atom stereocenters. The van der Waals surface area contributed by atoms with Gasteiger partial charge in [0.05, 0.1) is 10.8 Å². The maximum Gasteiger partial charge on any atom is 0.191 e. The van der Waals surface area contributed by atoms with Gasteiger partial charge in [-0.15, -0.1) is 11.3 Å². The van der Waals surface area contributed by atoms with Crippen molar-refractivity contribution in [3.8, 4) is 17.2 Å². The lowest BCUT2D eigenvalue weighted by molar-refractivity contribution is 0.589. The number of hydrogen-bond donors (Lipinski definition) is 0. The third kappa shape index (κ3) is 2.59. The second kappa shape index (κ2) is 5.57. The van der Waals surface area contributed by atoms with E-state index in [1.165, 1.54) is 0 Å². The van der Waals surface area contributed by atoms with Crippen LogP contribution >= 0.6 is 22.9 Å². The molecule has 0 aliphatic rings. The molecule has 0 aliphatic heterocycles. The molecule has 2 rings (SSSR count). The van der Waals surface area contributed by atoms with Crippen LogP contribution < -0.4 is 0 Å². The van der Waals surface area contributed by atoms with Crippen molar-refractivity contribution in [2.24, 2.45) is 0 Å². The zero-order valence-corrected chi connectivity index (χ0v) is 13.3. The van der Waals surface area contributed by atoms with Crippen LogP contribution in [0.25, 0.3) is 11.1 Å². The number of nitrogens with zero attached hydrogens (tertiary/aromatic N) is 1. The third-order valence-electron chi connectivity index (χ3n) is 2.90. The Labute approximate surface area is 127 Å². The molecule has 0 N–H and O–H groups in total. The summed E-state index contributed by atoms with van der Waals surface area (Å²) in [5.41, 5.74) is 1.63. The van der Waals surface area contributed by atoms with Gasteiger partial charge in [0.2, 0.25) is 0 Å². The van der Waals surface area contributed by atoms with E-state index in [1.807, 2.05) is 6.07 Å². The molecule has 0 amide bonds. The summed E-state index contributed by atoms with van der Waals surface area (Å²) in [5, 5.41) is 11.1. The Balaban J connectivity index is 2.63. The summed E-state index contributed by atoms with van der Waals surface area (Å²) in [7, 11) is -3.45. The van der Waals surface area contributed by atoms with E-state index in [1.54, 1.807) is 43.5 Å². The van der Waals surface area contributed by atoms with E-state index in [4.69, 9.17) is 11.6 Å². The van der Waals surface area contributed by atoms with Crippen molar-refractivity contribution in [1.82, 2.24) is 0 Å². The minimum atomic E-state index is -3.45. The first-order valence-corrected chi connectivity index (χ1v) is 8.69. The third-order valence-corrected chi connectivity index (χ3v) is 6.87. The smallest absolute Gasteiger partial charge is 0.191 e. The van der Waals surface area contributed by atoms with Crippen LogP contribution in [0, 0.1) is 11.3 Å². The molecule has 0 fully saturated rings. The summed E-state index contributed by atoms with van der Waals surface area (Å²) in [6.45, 7) is 3.22. The van der Waals surface area contributed by atoms with Crippen molar-refractivity contribution in [3.05, 3.63) is 40.2 Å². The van der Waals surface area contributed by atoms with Crippen molar-refractivity contribution in [2.75, 3.05) is 0 Å². The van der Waals surface area contributed by atoms with Crippen molar-refractivity contribution in [1.29, 1.82) is 5.26 Å². The van der Waals surface area contributed by atoms with Crippen LogP contribution in [-0.2, 0) is 9.84 Å². The second-order valence-corrected chi connectivity index (χ2v) is 8.54. The number of thiophene rings is 1. The molecule has 1 aromatic heterocycles. The molecule has 1 heterocycles. The molecule has 0 saturated heterocycles. The molecule has 0 spiro atoms. The van der Waals surface area contributed by atoms with Gasteiger partial charge in [-0.25, -0.2) is 8.42 Å². The van der Waals surface area contributed by atoms with Crippen molar-refractivity contribution in [2.45, 2.75) is 23.3 Å². The largest absolute Gasteiger partial charge is 0.223 e. The number of benzene rings is 1. The van der Waals surface area contributed by atoms with Crippen molar-refractivity contribution < 1.29 is 8.42 Å². The molecule has 0 aliphatic carbocycles. The molecule has 104 valence electrons. The van der Waals surface area contributed by atoms with E-state index in [-0.39, 0.29) is 9.77 Å². The second-order valence-electron chi connectivity index (χ2n) is 4.52. The minimum absolute atomic E-state index is 0.139. The van der Waals surface area contributed by atoms with Gasteiger partial charge in [-0.2, -0.15) is 5.26 Å². The summed E-state index contributed by atoms with van der Waals surface area (Å²) < 4.78 is 24.6. The zero-order chi connectivity index (χ0) is 14.9. The molecule has 6 heteroatoms. The predicted molar refractivity (Wildman–Crippen MR) is 81.8 cm³/mol. The Morgan fingerprint density at radius 1 is 1.25 bits per heavy atom. The molecular weight excluding hydrogens is 314 g/mol. The van der Waals surface area contributed by atoms with E-state index < -0.39 is 15.1 Å². The van der Waals surface area contributed by atoms with Gasteiger partial charge in [0.1, 0.15) is 10.3 Å². The average molecular weight is 326 g/mol. The molecule has 0 saturated carbocycles. The van der Waals surface area contributed by atoms with Gasteiger partial charge in [-0.1, -0.05) is 23.7 Å². The number of hydrogen-bond acceptors (Lipinski definition) is 4. The summed E-state index contributed by atoms with van der Waals surface area (Å²) in [5.74, 6) is 0. The summed E-state index contributed by atoms with van der Waals surface area (Å²) in [6, 6.07) is 9.00. The van der Waals surface area contributed by atoms with Crippen LogP contribution in [0.2, 0.25) is 5.02 Å². The summed E-state index contributed by atoms with van der Waals surface area (Å²) >= 11 is 6.93. The molecular formula is C14H12ClNO2S2. The van der Waals surface area contributed by atoms with Crippen molar-refractivity contribution in [3.63, 3.8) is 0 Å². The Bertz CT molecular complexity index is 768. The lowest BCUT2D eigenvalue weighted by atomic mass is 10.1. The van der Waals surface area contributed by atoms with Gasteiger partial charge in [0, 0.05) is 16.0 Å². The monoisotopic (exact) mass is 325 g/mol. The molecule has 3 nitrogen and oxygen atoms in total. The van der Waals surface area contributed by atoms with Crippen LogP contribution in [-0.4, -0.2) is 13.7 Å². The van der Waals surface area contributed by atoms with E-state index >= 15 is 0 Å². The van der Waals surface area contributed by atoms with Crippen LogP contribution in [0.3, 0.4) is 0 Å². The highest BCUT2D eigenvalue weighted by molar-refractivity contribution is 7.94. The first-order valence-electron chi connectivity index (χ1n) is 5.89. The van der Waals surface area contributed by atoms with Gasteiger partial charge in [-0.05, 0) is 31.5 Å². The number of rotatable bonds is 3. The molecule has 20 heavy (non-hydrogen) atoms. The maximum atomic E-state index is 12.2. The highest BCUT2D eigenvalue weighted by Gasteiger charge is 2.27. The molecule has 0 bridgehead atoms. The van der Waals surface area contributed by atoms with E-state index in [2.05, 4.69) is 0 Å². The predicted octanol–water partition coefficient (Wildman–Crippen LogP) is 4.12. The first-order chi connectivity index (χ1) is 9.37. The van der Waals surface area contributed by atoms with Gasteiger partial charge >= 0.3 is 0 Å². The molecule has 1 aromatic carbocycles. The molecule has 2 aromatic rings. The SMILES string of the molecule is CC(C)S(=O)(=O)c1scc(-c2ccc(Cl)cc2)c1C#N. The lowest BCUT2D eigenvalue weighted by Crippen LogP contribution is -2.13. The fourth-order valence-electron chi connectivity index (χ4n) is 1.71. The topological polar surface area (TPSA) is 57.9 Å². The van der Waals surface area contributed by atoms with Gasteiger partial charge in [0.25, 0.3) is 0 Å². The quantitative estimate of drug-likeness (QED) is 0.852. The van der Waals surface area contributed by atoms with Crippen LogP contribution in [0.1, 0.15) is 19.4 Å². The number of halogens is 1. The van der Waals surface area contributed by atoms with Gasteiger partial charge in [0.15, 0.2) is 9.84 Å². The van der Waals surface area contributed by atoms with Crippen LogP contribution in [0.15, 0.2) is 33.9 Å². The maximum absolute atomic E-state index is 12.2. The van der Waals surface area contributed by atoms with E-state index in [0.717, 1.165) is 16.9 Å². The Morgan fingerprint density at radius 3 is 2.35 bits per heavy atom. The van der Waals surface area contributed by atoms with Crippen molar-refractivity contribution >= 4 is 32.8 Å². The highest BCUT2D eigenvalue weighted by atomic mass is 35.5. The first kappa shape index (κ1) is 15.0. The standard InChI is InChI=1S/C14H12ClNO2S2/c1-9(2)20(17,18)14-12(7-16)13(8-19-14)10-3-5-11(15)6-4-10/h3-6,8-9H,1-2H3. The Hall–Kier alpha value is -1.35. The van der Waals surface area contributed by atoms with Crippen LogP contribution in [0.5, 0.6) is 0 Å². The Kier molecular flexibility index (Phi) is 4.19.